The second kappa shape index (κ2) is 6.94. The molecular weight excluding hydrogens is 324 g/mol. The van der Waals surface area contributed by atoms with Gasteiger partial charge in [-0.25, -0.2) is 0 Å². The fraction of sp³-hybridized carbons (Fsp3) is 0.364. The molecule has 2 heterocycles. The van der Waals surface area contributed by atoms with Crippen molar-refractivity contribution < 1.29 is 9.59 Å². The number of hydrogen-bond acceptors (Lipinski definition) is 2. The topological polar surface area (TPSA) is 40.6 Å². The molecule has 2 aromatic rings. The van der Waals surface area contributed by atoms with Crippen LogP contribution in [0.3, 0.4) is 0 Å². The lowest BCUT2D eigenvalue weighted by molar-refractivity contribution is 0.0683. The fourth-order valence-electron chi connectivity index (χ4n) is 4.05. The van der Waals surface area contributed by atoms with E-state index in [2.05, 4.69) is 13.0 Å². The molecule has 0 N–H and O–H groups in total. The summed E-state index contributed by atoms with van der Waals surface area (Å²) in [6.45, 7) is 4.49. The van der Waals surface area contributed by atoms with Crippen LogP contribution in [0.1, 0.15) is 46.0 Å². The van der Waals surface area contributed by atoms with Crippen molar-refractivity contribution in [1.82, 2.24) is 4.90 Å². The van der Waals surface area contributed by atoms with E-state index in [4.69, 9.17) is 0 Å². The number of benzene rings is 2. The second-order valence-corrected chi connectivity index (χ2v) is 7.41. The summed E-state index contributed by atoms with van der Waals surface area (Å²) in [5.41, 5.74) is 3.38. The average Bonchev–Trinajstić information content (AvgIpc) is 3.11. The molecule has 1 fully saturated rings. The van der Waals surface area contributed by atoms with E-state index in [0.29, 0.717) is 23.6 Å². The Hall–Kier alpha value is -2.62. The van der Waals surface area contributed by atoms with Gasteiger partial charge in [-0.2, -0.15) is 0 Å². The normalized spacial score (nSPS) is 19.3. The first-order valence-electron chi connectivity index (χ1n) is 9.42. The van der Waals surface area contributed by atoms with Crippen molar-refractivity contribution in [2.45, 2.75) is 26.2 Å². The molecule has 4 nitrogen and oxygen atoms in total. The largest absolute Gasteiger partial charge is 0.338 e. The third kappa shape index (κ3) is 3.12. The Morgan fingerprint density at radius 2 is 1.73 bits per heavy atom. The molecule has 2 aliphatic rings. The number of fused-ring (bicyclic) bond motifs is 1. The van der Waals surface area contributed by atoms with Gasteiger partial charge < -0.3 is 9.80 Å². The maximum absolute atomic E-state index is 13.0. The number of rotatable bonds is 2. The van der Waals surface area contributed by atoms with Gasteiger partial charge in [0.05, 0.1) is 0 Å². The van der Waals surface area contributed by atoms with Gasteiger partial charge in [0.2, 0.25) is 0 Å². The molecule has 0 spiro atoms. The highest BCUT2D eigenvalue weighted by molar-refractivity contribution is 6.08. The summed E-state index contributed by atoms with van der Waals surface area (Å²) >= 11 is 0. The summed E-state index contributed by atoms with van der Waals surface area (Å²) in [5.74, 6) is 0.545. The minimum Gasteiger partial charge on any atom is -0.338 e. The molecule has 134 valence electrons. The molecule has 26 heavy (non-hydrogen) atoms. The van der Waals surface area contributed by atoms with Gasteiger partial charge in [0.25, 0.3) is 11.8 Å². The van der Waals surface area contributed by atoms with Gasteiger partial charge in [0.1, 0.15) is 0 Å². The van der Waals surface area contributed by atoms with Gasteiger partial charge in [-0.3, -0.25) is 9.59 Å². The standard InChI is InChI=1S/C22H24N2O2/c1-16-6-5-12-23(15-16)21(25)18-8-4-9-19(14-18)22(26)24-13-11-17-7-2-3-10-20(17)24/h2-4,7-10,14,16H,5-6,11-13,15H2,1H3. The van der Waals surface area contributed by atoms with E-state index in [1.54, 1.807) is 12.1 Å². The van der Waals surface area contributed by atoms with Crippen LogP contribution in [0.15, 0.2) is 48.5 Å². The van der Waals surface area contributed by atoms with Crippen molar-refractivity contribution >= 4 is 17.5 Å². The van der Waals surface area contributed by atoms with E-state index in [1.807, 2.05) is 40.1 Å². The Kier molecular flexibility index (Phi) is 4.49. The highest BCUT2D eigenvalue weighted by Gasteiger charge is 2.26. The molecule has 4 rings (SSSR count). The molecule has 4 heteroatoms. The maximum atomic E-state index is 13.0. The Balaban J connectivity index is 1.56. The van der Waals surface area contributed by atoms with Crippen LogP contribution in [-0.4, -0.2) is 36.3 Å². The first-order chi connectivity index (χ1) is 12.6. The summed E-state index contributed by atoms with van der Waals surface area (Å²) in [4.78, 5) is 29.6. The zero-order valence-electron chi connectivity index (χ0n) is 15.1. The van der Waals surface area contributed by atoms with Crippen LogP contribution in [0.5, 0.6) is 0 Å². The minimum atomic E-state index is -0.0309. The average molecular weight is 348 g/mol. The summed E-state index contributed by atoms with van der Waals surface area (Å²) in [7, 11) is 0. The van der Waals surface area contributed by atoms with E-state index in [1.165, 1.54) is 12.0 Å². The van der Waals surface area contributed by atoms with E-state index < -0.39 is 0 Å². The fourth-order valence-corrected chi connectivity index (χ4v) is 4.05. The van der Waals surface area contributed by atoms with E-state index in [9.17, 15) is 9.59 Å². The second-order valence-electron chi connectivity index (χ2n) is 7.41. The van der Waals surface area contributed by atoms with Gasteiger partial charge in [-0.15, -0.1) is 0 Å². The lowest BCUT2D eigenvalue weighted by Crippen LogP contribution is -2.39. The Morgan fingerprint density at radius 1 is 0.962 bits per heavy atom. The van der Waals surface area contributed by atoms with Crippen LogP contribution < -0.4 is 4.90 Å². The quantitative estimate of drug-likeness (QED) is 0.829. The molecule has 0 aromatic heterocycles. The third-order valence-electron chi connectivity index (χ3n) is 5.43. The predicted octanol–water partition coefficient (Wildman–Crippen LogP) is 3.76. The Labute approximate surface area is 154 Å². The van der Waals surface area contributed by atoms with E-state index in [0.717, 1.165) is 31.6 Å². The number of piperidine rings is 1. The number of carbonyl (C=O) groups is 2. The van der Waals surface area contributed by atoms with Crippen molar-refractivity contribution in [2.75, 3.05) is 24.5 Å². The molecule has 2 aromatic carbocycles. The van der Waals surface area contributed by atoms with Gasteiger partial charge in [-0.1, -0.05) is 31.2 Å². The van der Waals surface area contributed by atoms with Crippen LogP contribution in [0, 0.1) is 5.92 Å². The van der Waals surface area contributed by atoms with Gasteiger partial charge in [0, 0.05) is 36.4 Å². The van der Waals surface area contributed by atoms with Crippen LogP contribution in [0.4, 0.5) is 5.69 Å². The number of likely N-dealkylation sites (tertiary alicyclic amines) is 1. The van der Waals surface area contributed by atoms with E-state index in [-0.39, 0.29) is 11.8 Å². The first kappa shape index (κ1) is 16.8. The van der Waals surface area contributed by atoms with E-state index >= 15 is 0 Å². The number of para-hydroxylation sites is 1. The van der Waals surface area contributed by atoms with Crippen molar-refractivity contribution in [3.8, 4) is 0 Å². The lowest BCUT2D eigenvalue weighted by atomic mass is 9.99. The van der Waals surface area contributed by atoms with Gasteiger partial charge in [-0.05, 0) is 55.0 Å². The highest BCUT2D eigenvalue weighted by Crippen LogP contribution is 2.29. The molecule has 2 amide bonds. The molecule has 0 aliphatic carbocycles. The van der Waals surface area contributed by atoms with Crippen molar-refractivity contribution in [2.24, 2.45) is 5.92 Å². The van der Waals surface area contributed by atoms with Crippen LogP contribution in [0.2, 0.25) is 0 Å². The molecule has 0 saturated carbocycles. The molecule has 1 atom stereocenters. The molecule has 0 radical (unpaired) electrons. The number of anilines is 1. The number of amides is 2. The summed E-state index contributed by atoms with van der Waals surface area (Å²) < 4.78 is 0. The van der Waals surface area contributed by atoms with Gasteiger partial charge in [0.15, 0.2) is 0 Å². The zero-order valence-corrected chi connectivity index (χ0v) is 15.1. The summed E-state index contributed by atoms with van der Waals surface area (Å²) in [6.07, 6.45) is 3.11. The highest BCUT2D eigenvalue weighted by atomic mass is 16.2. The third-order valence-corrected chi connectivity index (χ3v) is 5.43. The lowest BCUT2D eigenvalue weighted by Gasteiger charge is -2.31. The van der Waals surface area contributed by atoms with Crippen molar-refractivity contribution in [3.05, 3.63) is 65.2 Å². The smallest absolute Gasteiger partial charge is 0.258 e. The minimum absolute atomic E-state index is 0.0309. The van der Waals surface area contributed by atoms with Crippen LogP contribution >= 0.6 is 0 Å². The maximum Gasteiger partial charge on any atom is 0.258 e. The number of carbonyl (C=O) groups excluding carboxylic acids is 2. The number of nitrogens with zero attached hydrogens (tertiary/aromatic N) is 2. The molecule has 1 saturated heterocycles. The Bertz CT molecular complexity index is 846. The van der Waals surface area contributed by atoms with Crippen molar-refractivity contribution in [1.29, 1.82) is 0 Å². The monoisotopic (exact) mass is 348 g/mol. The SMILES string of the molecule is CC1CCCN(C(=O)c2cccc(C(=O)N3CCc4ccccc43)c2)C1. The molecule has 0 bridgehead atoms. The Morgan fingerprint density at radius 3 is 2.54 bits per heavy atom. The van der Waals surface area contributed by atoms with Crippen LogP contribution in [0.25, 0.3) is 0 Å². The van der Waals surface area contributed by atoms with Crippen molar-refractivity contribution in [3.63, 3.8) is 0 Å². The van der Waals surface area contributed by atoms with Crippen LogP contribution in [-0.2, 0) is 6.42 Å². The summed E-state index contributed by atoms with van der Waals surface area (Å²) in [6, 6.07) is 15.2. The van der Waals surface area contributed by atoms with Gasteiger partial charge >= 0.3 is 0 Å². The zero-order chi connectivity index (χ0) is 18.1. The number of hydrogen-bond donors (Lipinski definition) is 0. The molecule has 2 aliphatic heterocycles. The molecular formula is C22H24N2O2. The predicted molar refractivity (Wildman–Crippen MR) is 103 cm³/mol. The molecule has 1 unspecified atom stereocenters. The summed E-state index contributed by atoms with van der Waals surface area (Å²) in [5, 5.41) is 0. The first-order valence-corrected chi connectivity index (χ1v) is 9.42.